The van der Waals surface area contributed by atoms with Crippen LogP contribution in [0.4, 0.5) is 0 Å². The lowest BCUT2D eigenvalue weighted by Gasteiger charge is -2.32. The van der Waals surface area contributed by atoms with Crippen LogP contribution in [0, 0.1) is 0 Å². The molecule has 1 aliphatic rings. The summed E-state index contributed by atoms with van der Waals surface area (Å²) in [6, 6.07) is 6.99. The van der Waals surface area contributed by atoms with Crippen molar-refractivity contribution in [1.82, 2.24) is 4.90 Å². The number of benzene rings is 1. The predicted molar refractivity (Wildman–Crippen MR) is 128 cm³/mol. The van der Waals surface area contributed by atoms with Crippen molar-refractivity contribution in [3.05, 3.63) is 29.8 Å². The molecule has 0 saturated carbocycles. The Morgan fingerprint density at radius 2 is 1.66 bits per heavy atom. The molecule has 1 heterocycles. The summed E-state index contributed by atoms with van der Waals surface area (Å²) in [5.41, 5.74) is 0.246. The van der Waals surface area contributed by atoms with Crippen molar-refractivity contribution in [3.8, 4) is 5.75 Å². The number of carboxylic acid groups (broad SMARTS) is 1. The van der Waals surface area contributed by atoms with Crippen molar-refractivity contribution in [2.24, 2.45) is 0 Å². The predicted octanol–water partition coefficient (Wildman–Crippen LogP) is 6.29. The van der Waals surface area contributed by atoms with Crippen LogP contribution in [0.15, 0.2) is 24.3 Å². The summed E-state index contributed by atoms with van der Waals surface area (Å²) < 4.78 is 10.8. The normalized spacial score (nSPS) is 13.9. The van der Waals surface area contributed by atoms with Crippen molar-refractivity contribution in [3.63, 3.8) is 0 Å². The summed E-state index contributed by atoms with van der Waals surface area (Å²) in [5, 5.41) is 9.45. The van der Waals surface area contributed by atoms with E-state index in [9.17, 15) is 14.7 Å². The molecular weight excluding hydrogens is 406 g/mol. The highest BCUT2D eigenvalue weighted by Crippen LogP contribution is 2.23. The number of rotatable bonds is 15. The van der Waals surface area contributed by atoms with Gasteiger partial charge in [0, 0.05) is 19.5 Å². The first-order valence-electron chi connectivity index (χ1n) is 12.4. The molecule has 1 aromatic rings. The van der Waals surface area contributed by atoms with Crippen LogP contribution in [0.5, 0.6) is 5.75 Å². The Labute approximate surface area is 194 Å². The van der Waals surface area contributed by atoms with E-state index in [0.717, 1.165) is 51.6 Å². The van der Waals surface area contributed by atoms with E-state index < -0.39 is 5.97 Å². The van der Waals surface area contributed by atoms with E-state index in [-0.39, 0.29) is 17.8 Å². The third-order valence-electron chi connectivity index (χ3n) is 5.48. The van der Waals surface area contributed by atoms with E-state index in [4.69, 9.17) is 4.74 Å². The molecule has 0 aliphatic carbocycles. The Balaban J connectivity index is 0.000000730. The van der Waals surface area contributed by atoms with Crippen LogP contribution in [0.25, 0.3) is 0 Å². The van der Waals surface area contributed by atoms with E-state index in [1.54, 1.807) is 18.2 Å². The SMILES string of the molecule is CCCCCN(CCCCC)[C@H](CCCC)Oc1ccccc1C(=O)O.O=C1CCCO1. The van der Waals surface area contributed by atoms with Crippen LogP contribution < -0.4 is 4.74 Å². The number of cyclic esters (lactones) is 1. The first-order chi connectivity index (χ1) is 15.5. The maximum atomic E-state index is 11.5. The minimum absolute atomic E-state index is 0.0463. The topological polar surface area (TPSA) is 76.1 Å². The molecule has 182 valence electrons. The summed E-state index contributed by atoms with van der Waals surface area (Å²) in [4.78, 5) is 24.0. The summed E-state index contributed by atoms with van der Waals surface area (Å²) in [5.74, 6) is -0.495. The molecule has 1 N–H and O–H groups in total. The number of hydrogen-bond donors (Lipinski definition) is 1. The zero-order valence-corrected chi connectivity index (χ0v) is 20.3. The van der Waals surface area contributed by atoms with Gasteiger partial charge in [0.2, 0.25) is 0 Å². The first kappa shape index (κ1) is 28.0. The second kappa shape index (κ2) is 17.5. The molecule has 1 aromatic carbocycles. The molecule has 32 heavy (non-hydrogen) atoms. The third kappa shape index (κ3) is 11.5. The Bertz CT molecular complexity index is 631. The van der Waals surface area contributed by atoms with Crippen molar-refractivity contribution < 1.29 is 24.2 Å². The Morgan fingerprint density at radius 3 is 2.12 bits per heavy atom. The molecule has 1 atom stereocenters. The fraction of sp³-hybridized carbons (Fsp3) is 0.692. The number of hydrogen-bond acceptors (Lipinski definition) is 5. The molecule has 6 heteroatoms. The van der Waals surface area contributed by atoms with Crippen molar-refractivity contribution >= 4 is 11.9 Å². The quantitative estimate of drug-likeness (QED) is 0.193. The molecule has 6 nitrogen and oxygen atoms in total. The van der Waals surface area contributed by atoms with Crippen molar-refractivity contribution in [2.45, 2.75) is 97.6 Å². The van der Waals surface area contributed by atoms with Gasteiger partial charge in [-0.25, -0.2) is 4.79 Å². The molecular formula is C26H43NO5. The van der Waals surface area contributed by atoms with E-state index in [1.807, 2.05) is 6.07 Å². The summed E-state index contributed by atoms with van der Waals surface area (Å²) in [6.45, 7) is 9.28. The molecule has 0 amide bonds. The van der Waals surface area contributed by atoms with Gasteiger partial charge in [-0.2, -0.15) is 0 Å². The minimum atomic E-state index is -0.932. The maximum absolute atomic E-state index is 11.5. The fourth-order valence-corrected chi connectivity index (χ4v) is 3.59. The minimum Gasteiger partial charge on any atom is -0.478 e. The number of carbonyl (C=O) groups is 2. The molecule has 0 aromatic heterocycles. The average Bonchev–Trinajstić information content (AvgIpc) is 3.27. The first-order valence-corrected chi connectivity index (χ1v) is 12.4. The average molecular weight is 450 g/mol. The van der Waals surface area contributed by atoms with Gasteiger partial charge in [0.25, 0.3) is 0 Å². The smallest absolute Gasteiger partial charge is 0.339 e. The zero-order chi connectivity index (χ0) is 23.6. The van der Waals surface area contributed by atoms with Crippen molar-refractivity contribution in [1.29, 1.82) is 0 Å². The summed E-state index contributed by atoms with van der Waals surface area (Å²) >= 11 is 0. The number of esters is 1. The highest BCUT2D eigenvalue weighted by Gasteiger charge is 2.21. The lowest BCUT2D eigenvalue weighted by Crippen LogP contribution is -2.41. The third-order valence-corrected chi connectivity index (χ3v) is 5.48. The van der Waals surface area contributed by atoms with Gasteiger partial charge in [0.1, 0.15) is 11.3 Å². The highest BCUT2D eigenvalue weighted by molar-refractivity contribution is 5.90. The number of para-hydroxylation sites is 1. The number of carboxylic acids is 1. The maximum Gasteiger partial charge on any atom is 0.339 e. The molecule has 1 aliphatic heterocycles. The molecule has 0 spiro atoms. The highest BCUT2D eigenvalue weighted by atomic mass is 16.5. The van der Waals surface area contributed by atoms with Gasteiger partial charge in [-0.05, 0) is 44.2 Å². The van der Waals surface area contributed by atoms with E-state index >= 15 is 0 Å². The lowest BCUT2D eigenvalue weighted by molar-refractivity contribution is -0.137. The Kier molecular flexibility index (Phi) is 15.3. The van der Waals surface area contributed by atoms with Gasteiger partial charge in [0.05, 0.1) is 6.61 Å². The van der Waals surface area contributed by atoms with Gasteiger partial charge in [-0.3, -0.25) is 9.69 Å². The van der Waals surface area contributed by atoms with E-state index in [1.165, 1.54) is 25.7 Å². The molecule has 0 unspecified atom stereocenters. The van der Waals surface area contributed by atoms with Crippen molar-refractivity contribution in [2.75, 3.05) is 19.7 Å². The summed E-state index contributed by atoms with van der Waals surface area (Å²) in [6.07, 6.45) is 11.8. The number of aromatic carboxylic acids is 1. The number of unbranched alkanes of at least 4 members (excludes halogenated alkanes) is 5. The van der Waals surface area contributed by atoms with Crippen LogP contribution in [-0.2, 0) is 9.53 Å². The monoisotopic (exact) mass is 449 g/mol. The molecule has 1 fully saturated rings. The standard InChI is InChI=1S/C22H37NO3.C4H6O2/c1-4-7-12-17-23(18-13-8-5-2)21(16-9-6-3)26-20-15-11-10-14-19(20)22(24)25;5-4-2-1-3-6-4/h10-11,14-15,21H,4-9,12-13,16-18H2,1-3H3,(H,24,25);1-3H2/t21-;/m0./s1. The number of ether oxygens (including phenoxy) is 2. The van der Waals surface area contributed by atoms with Crippen LogP contribution in [0.3, 0.4) is 0 Å². The van der Waals surface area contributed by atoms with Gasteiger partial charge < -0.3 is 14.6 Å². The van der Waals surface area contributed by atoms with Crippen LogP contribution in [-0.4, -0.2) is 47.9 Å². The lowest BCUT2D eigenvalue weighted by atomic mass is 10.1. The van der Waals surface area contributed by atoms with Gasteiger partial charge in [-0.1, -0.05) is 65.0 Å². The van der Waals surface area contributed by atoms with Crippen LogP contribution in [0.2, 0.25) is 0 Å². The zero-order valence-electron chi connectivity index (χ0n) is 20.3. The van der Waals surface area contributed by atoms with E-state index in [0.29, 0.717) is 18.8 Å². The molecule has 2 rings (SSSR count). The number of nitrogens with zero attached hydrogens (tertiary/aromatic N) is 1. The van der Waals surface area contributed by atoms with E-state index in [2.05, 4.69) is 30.4 Å². The summed E-state index contributed by atoms with van der Waals surface area (Å²) in [7, 11) is 0. The molecule has 0 radical (unpaired) electrons. The Hall–Kier alpha value is -2.08. The van der Waals surface area contributed by atoms with Crippen LogP contribution in [0.1, 0.15) is 102 Å². The van der Waals surface area contributed by atoms with Gasteiger partial charge in [-0.15, -0.1) is 0 Å². The Morgan fingerprint density at radius 1 is 1.03 bits per heavy atom. The largest absolute Gasteiger partial charge is 0.478 e. The fourth-order valence-electron chi connectivity index (χ4n) is 3.59. The second-order valence-corrected chi connectivity index (χ2v) is 8.29. The number of carbonyl (C=O) groups excluding carboxylic acids is 1. The van der Waals surface area contributed by atoms with Gasteiger partial charge >= 0.3 is 11.9 Å². The second-order valence-electron chi connectivity index (χ2n) is 8.29. The molecule has 0 bridgehead atoms. The van der Waals surface area contributed by atoms with Crippen LogP contribution >= 0.6 is 0 Å². The molecule has 1 saturated heterocycles. The van der Waals surface area contributed by atoms with Gasteiger partial charge in [0.15, 0.2) is 6.23 Å².